The summed E-state index contributed by atoms with van der Waals surface area (Å²) in [4.78, 5) is 4.83. The van der Waals surface area contributed by atoms with Crippen LogP contribution >= 0.6 is 11.6 Å². The van der Waals surface area contributed by atoms with Crippen molar-refractivity contribution < 1.29 is 22.6 Å². The maximum Gasteiger partial charge on any atom is 0.243 e. The Morgan fingerprint density at radius 1 is 1.03 bits per heavy atom. The number of hydrogen-bond donors (Lipinski definition) is 1. The molecule has 0 saturated carbocycles. The van der Waals surface area contributed by atoms with Crippen LogP contribution in [0, 0.1) is 0 Å². The molecule has 1 aromatic heterocycles. The standard InChI is InChI=1S/C21H22ClN3O5S/c1-28-19-13-20(29-2)18(12-16(19)22)24-21-6-3-14-11-15(4-5-17(14)23-21)31(26,27)25-7-9-30-10-8-25/h3-6,11-13H,7-10H2,1-2H3,(H,23,24). The lowest BCUT2D eigenvalue weighted by Crippen LogP contribution is -2.40. The van der Waals surface area contributed by atoms with Crippen LogP contribution in [0.5, 0.6) is 11.5 Å². The Bertz CT molecular complexity index is 1210. The molecule has 4 rings (SSSR count). The number of nitrogens with zero attached hydrogens (tertiary/aromatic N) is 2. The average Bonchev–Trinajstić information content (AvgIpc) is 2.79. The second kappa shape index (κ2) is 8.88. The Morgan fingerprint density at radius 3 is 2.48 bits per heavy atom. The van der Waals surface area contributed by atoms with Gasteiger partial charge in [0, 0.05) is 24.5 Å². The van der Waals surface area contributed by atoms with E-state index in [1.807, 2.05) is 6.07 Å². The predicted molar refractivity (Wildman–Crippen MR) is 119 cm³/mol. The summed E-state index contributed by atoms with van der Waals surface area (Å²) >= 11 is 6.23. The number of methoxy groups -OCH3 is 2. The monoisotopic (exact) mass is 463 g/mol. The van der Waals surface area contributed by atoms with E-state index in [9.17, 15) is 8.42 Å². The number of pyridine rings is 1. The van der Waals surface area contributed by atoms with Crippen molar-refractivity contribution in [3.63, 3.8) is 0 Å². The zero-order chi connectivity index (χ0) is 22.0. The number of morpholine rings is 1. The maximum absolute atomic E-state index is 12.9. The van der Waals surface area contributed by atoms with Gasteiger partial charge in [0.2, 0.25) is 10.0 Å². The minimum Gasteiger partial charge on any atom is -0.495 e. The highest BCUT2D eigenvalue weighted by molar-refractivity contribution is 7.89. The van der Waals surface area contributed by atoms with E-state index in [2.05, 4.69) is 10.3 Å². The molecule has 1 aliphatic rings. The van der Waals surface area contributed by atoms with Crippen molar-refractivity contribution in [3.8, 4) is 11.5 Å². The third-order valence-electron chi connectivity index (χ3n) is 5.01. The normalized spacial score (nSPS) is 15.1. The van der Waals surface area contributed by atoms with Gasteiger partial charge in [-0.15, -0.1) is 0 Å². The minimum atomic E-state index is -3.57. The van der Waals surface area contributed by atoms with Gasteiger partial charge in [-0.25, -0.2) is 13.4 Å². The van der Waals surface area contributed by atoms with E-state index in [-0.39, 0.29) is 4.90 Å². The molecule has 0 aliphatic carbocycles. The van der Waals surface area contributed by atoms with Gasteiger partial charge in [0.1, 0.15) is 17.3 Å². The van der Waals surface area contributed by atoms with Crippen molar-refractivity contribution in [2.45, 2.75) is 4.90 Å². The van der Waals surface area contributed by atoms with Gasteiger partial charge in [0.15, 0.2) is 0 Å². The van der Waals surface area contributed by atoms with Crippen LogP contribution in [0.2, 0.25) is 5.02 Å². The molecule has 0 spiro atoms. The van der Waals surface area contributed by atoms with E-state index in [4.69, 9.17) is 25.8 Å². The van der Waals surface area contributed by atoms with E-state index in [0.717, 1.165) is 5.39 Å². The highest BCUT2D eigenvalue weighted by Gasteiger charge is 2.26. The predicted octanol–water partition coefficient (Wildman–Crippen LogP) is 3.67. The van der Waals surface area contributed by atoms with Crippen molar-refractivity contribution in [1.82, 2.24) is 9.29 Å². The summed E-state index contributed by atoms with van der Waals surface area (Å²) in [5, 5.41) is 4.34. The Balaban J connectivity index is 1.63. The number of aromatic nitrogens is 1. The van der Waals surface area contributed by atoms with Gasteiger partial charge >= 0.3 is 0 Å². The van der Waals surface area contributed by atoms with Gasteiger partial charge in [-0.1, -0.05) is 11.6 Å². The molecule has 2 heterocycles. The number of fused-ring (bicyclic) bond motifs is 1. The van der Waals surface area contributed by atoms with E-state index in [1.165, 1.54) is 11.4 Å². The summed E-state index contributed by atoms with van der Waals surface area (Å²) in [6.45, 7) is 1.52. The number of nitrogens with one attached hydrogen (secondary N) is 1. The maximum atomic E-state index is 12.9. The van der Waals surface area contributed by atoms with Gasteiger partial charge in [-0.05, 0) is 36.4 Å². The highest BCUT2D eigenvalue weighted by atomic mass is 35.5. The number of benzene rings is 2. The molecule has 3 aromatic rings. The van der Waals surface area contributed by atoms with Gasteiger partial charge in [0.25, 0.3) is 0 Å². The van der Waals surface area contributed by atoms with E-state index in [1.54, 1.807) is 43.5 Å². The van der Waals surface area contributed by atoms with Crippen LogP contribution in [-0.2, 0) is 14.8 Å². The molecule has 8 nitrogen and oxygen atoms in total. The number of halogens is 1. The number of anilines is 2. The van der Waals surface area contributed by atoms with Crippen LogP contribution in [0.25, 0.3) is 10.9 Å². The molecule has 2 aromatic carbocycles. The summed E-state index contributed by atoms with van der Waals surface area (Å²) in [6.07, 6.45) is 0. The molecule has 31 heavy (non-hydrogen) atoms. The molecule has 0 atom stereocenters. The Labute approximate surface area is 185 Å². The third-order valence-corrected chi connectivity index (χ3v) is 7.20. The van der Waals surface area contributed by atoms with Crippen LogP contribution in [0.15, 0.2) is 47.4 Å². The lowest BCUT2D eigenvalue weighted by molar-refractivity contribution is 0.0730. The van der Waals surface area contributed by atoms with E-state index in [0.29, 0.717) is 59.8 Å². The van der Waals surface area contributed by atoms with Crippen LogP contribution in [0.1, 0.15) is 0 Å². The number of hydrogen-bond acceptors (Lipinski definition) is 7. The minimum absolute atomic E-state index is 0.244. The summed E-state index contributed by atoms with van der Waals surface area (Å²) in [5.41, 5.74) is 1.29. The molecule has 1 N–H and O–H groups in total. The summed E-state index contributed by atoms with van der Waals surface area (Å²) in [6, 6.07) is 11.9. The van der Waals surface area contributed by atoms with Crippen molar-refractivity contribution in [1.29, 1.82) is 0 Å². The molecule has 0 amide bonds. The molecular formula is C21H22ClN3O5S. The third kappa shape index (κ3) is 4.40. The van der Waals surface area contributed by atoms with Crippen LogP contribution in [0.3, 0.4) is 0 Å². The molecule has 0 bridgehead atoms. The van der Waals surface area contributed by atoms with Crippen molar-refractivity contribution in [3.05, 3.63) is 47.5 Å². The van der Waals surface area contributed by atoms with Gasteiger partial charge in [-0.3, -0.25) is 0 Å². The lowest BCUT2D eigenvalue weighted by Gasteiger charge is -2.26. The first-order chi connectivity index (χ1) is 14.9. The molecule has 0 unspecified atom stereocenters. The van der Waals surface area contributed by atoms with Gasteiger partial charge < -0.3 is 19.5 Å². The molecule has 1 aliphatic heterocycles. The number of ether oxygens (including phenoxy) is 3. The topological polar surface area (TPSA) is 90.0 Å². The summed E-state index contributed by atoms with van der Waals surface area (Å²) in [5.74, 6) is 1.62. The molecule has 1 fully saturated rings. The first kappa shape index (κ1) is 21.6. The van der Waals surface area contributed by atoms with Gasteiger partial charge in [-0.2, -0.15) is 4.31 Å². The van der Waals surface area contributed by atoms with Crippen molar-refractivity contribution in [2.24, 2.45) is 0 Å². The quantitative estimate of drug-likeness (QED) is 0.596. The van der Waals surface area contributed by atoms with Crippen molar-refractivity contribution >= 4 is 44.0 Å². The summed E-state index contributed by atoms with van der Waals surface area (Å²) < 4.78 is 43.1. The Hall–Kier alpha value is -2.59. The first-order valence-corrected chi connectivity index (χ1v) is 11.4. The fraction of sp³-hybridized carbons (Fsp3) is 0.286. The lowest BCUT2D eigenvalue weighted by atomic mass is 10.2. The Kier molecular flexibility index (Phi) is 6.19. The van der Waals surface area contributed by atoms with Gasteiger partial charge in [0.05, 0.1) is 48.6 Å². The van der Waals surface area contributed by atoms with Crippen LogP contribution in [-0.4, -0.2) is 58.2 Å². The fourth-order valence-electron chi connectivity index (χ4n) is 3.37. The average molecular weight is 464 g/mol. The molecule has 10 heteroatoms. The second-order valence-corrected chi connectivity index (χ2v) is 9.22. The van der Waals surface area contributed by atoms with Crippen molar-refractivity contribution in [2.75, 3.05) is 45.8 Å². The highest BCUT2D eigenvalue weighted by Crippen LogP contribution is 2.37. The van der Waals surface area contributed by atoms with E-state index >= 15 is 0 Å². The van der Waals surface area contributed by atoms with Crippen LogP contribution in [0.4, 0.5) is 11.5 Å². The second-order valence-electron chi connectivity index (χ2n) is 6.88. The zero-order valence-electron chi connectivity index (χ0n) is 17.1. The summed E-state index contributed by atoms with van der Waals surface area (Å²) in [7, 11) is -0.478. The van der Waals surface area contributed by atoms with E-state index < -0.39 is 10.0 Å². The molecule has 164 valence electrons. The number of sulfonamides is 1. The molecule has 0 radical (unpaired) electrons. The SMILES string of the molecule is COc1cc(OC)c(Nc2ccc3cc(S(=O)(=O)N4CCOCC4)ccc3n2)cc1Cl. The molecular weight excluding hydrogens is 442 g/mol. The van der Waals surface area contributed by atoms with Crippen LogP contribution < -0.4 is 14.8 Å². The zero-order valence-corrected chi connectivity index (χ0v) is 18.7. The first-order valence-electron chi connectivity index (χ1n) is 9.59. The largest absolute Gasteiger partial charge is 0.495 e. The fourth-order valence-corrected chi connectivity index (χ4v) is 5.05. The molecule has 1 saturated heterocycles. The number of rotatable bonds is 6. The smallest absolute Gasteiger partial charge is 0.243 e. The Morgan fingerprint density at radius 2 is 1.77 bits per heavy atom.